The summed E-state index contributed by atoms with van der Waals surface area (Å²) in [6.07, 6.45) is 15.6. The molecule has 0 aliphatic carbocycles. The Morgan fingerprint density at radius 1 is 0.845 bits per heavy atom. The largest absolute Gasteiger partial charge is 0.468 e. The number of rotatable bonds is 30. The fourth-order valence-electron chi connectivity index (χ4n) is 6.67. The molecule has 1 aliphatic heterocycles. The van der Waals surface area contributed by atoms with Crippen molar-refractivity contribution in [2.75, 3.05) is 26.1 Å². The first kappa shape index (κ1) is 51.2. The molecule has 0 bridgehead atoms. The third kappa shape index (κ3) is 18.9. The molecule has 16 nitrogen and oxygen atoms in total. The van der Waals surface area contributed by atoms with Gasteiger partial charge in [0.05, 0.1) is 20.8 Å². The molecule has 0 radical (unpaired) electrons. The van der Waals surface area contributed by atoms with Crippen molar-refractivity contribution >= 4 is 31.3 Å². The fourth-order valence-corrected chi connectivity index (χ4v) is 8.49. The van der Waals surface area contributed by atoms with Gasteiger partial charge in [0.25, 0.3) is 0 Å². The van der Waals surface area contributed by atoms with Crippen LogP contribution in [0.3, 0.4) is 0 Å². The normalized spacial score (nSPS) is 19.5. The molecule has 6 atom stereocenters. The predicted molar refractivity (Wildman–Crippen MR) is 223 cm³/mol. The van der Waals surface area contributed by atoms with E-state index in [1.54, 1.807) is 0 Å². The van der Waals surface area contributed by atoms with Crippen molar-refractivity contribution in [1.29, 1.82) is 0 Å². The minimum Gasteiger partial charge on any atom is -0.468 e. The van der Waals surface area contributed by atoms with Crippen LogP contribution in [0.5, 0.6) is 0 Å². The Kier molecular flexibility index (Phi) is 24.4. The lowest BCUT2D eigenvalue weighted by molar-refractivity contribution is -0.143. The number of anilines is 1. The van der Waals surface area contributed by atoms with Gasteiger partial charge in [0, 0.05) is 12.6 Å². The van der Waals surface area contributed by atoms with Crippen LogP contribution in [-0.4, -0.2) is 88.8 Å². The first-order valence-electron chi connectivity index (χ1n) is 21.2. The number of unbranched alkanes of at least 4 members (excludes halogenated alkanes) is 11. The molecule has 1 aliphatic rings. The number of carbonyl (C=O) groups is 3. The second-order valence-corrected chi connectivity index (χ2v) is 17.8. The molecule has 1 aromatic heterocycles. The van der Waals surface area contributed by atoms with E-state index in [0.717, 1.165) is 43.1 Å². The number of ether oxygens (including phenoxy) is 3. The Morgan fingerprint density at radius 3 is 1.86 bits per heavy atom. The summed E-state index contributed by atoms with van der Waals surface area (Å²) < 4.78 is 36.8. The SMILES string of the molecule is CCCCCCCC/C=C/CCCCCCCC(=O)Nc1ccn([C@@H]2O[C@H](COP(=O)(N[C@@H](CC(C)C)C(=O)OC)N[C@@H](CC(C)C)C(=O)OC)C(O)C2O)c(=O)n1. The Morgan fingerprint density at radius 2 is 1.36 bits per heavy atom. The van der Waals surface area contributed by atoms with Crippen molar-refractivity contribution in [3.8, 4) is 0 Å². The third-order valence-electron chi connectivity index (χ3n) is 9.83. The van der Waals surface area contributed by atoms with Crippen LogP contribution in [-0.2, 0) is 37.7 Å². The maximum atomic E-state index is 14.4. The van der Waals surface area contributed by atoms with E-state index in [9.17, 15) is 34.0 Å². The van der Waals surface area contributed by atoms with Gasteiger partial charge in [0.15, 0.2) is 6.23 Å². The summed E-state index contributed by atoms with van der Waals surface area (Å²) in [5, 5.41) is 29.8. The molecular weight excluding hydrogens is 769 g/mol. The van der Waals surface area contributed by atoms with Gasteiger partial charge in [-0.3, -0.25) is 23.5 Å². The van der Waals surface area contributed by atoms with Gasteiger partial charge in [0.1, 0.15) is 36.2 Å². The Labute approximate surface area is 345 Å². The highest BCUT2D eigenvalue weighted by molar-refractivity contribution is 7.54. The van der Waals surface area contributed by atoms with Gasteiger partial charge in [-0.15, -0.1) is 0 Å². The minimum atomic E-state index is -4.32. The van der Waals surface area contributed by atoms with Crippen LogP contribution in [0.1, 0.15) is 144 Å². The van der Waals surface area contributed by atoms with Crippen molar-refractivity contribution in [3.05, 3.63) is 34.9 Å². The first-order chi connectivity index (χ1) is 27.6. The molecule has 2 heterocycles. The van der Waals surface area contributed by atoms with Crippen LogP contribution in [0.15, 0.2) is 29.2 Å². The zero-order chi connectivity index (χ0) is 43.1. The lowest BCUT2D eigenvalue weighted by atomic mass is 10.1. The molecule has 1 fully saturated rings. The standard InChI is InChI=1S/C41H72N5O11P/c1-8-9-10-11-12-13-14-15-16-17-18-19-20-21-22-23-35(47)42-34-24-25-46(41(52)43-34)38-37(49)36(48)33(57-38)28-56-58(53,44-31(26-29(2)3)39(50)54-6)45-32(27-30(4)5)40(51)55-7/h15-16,24-25,29-33,36-38,48-49H,8-14,17-23,26-28H2,1-7H3,(H2,44,45,53)(H,42,43,47,52)/b16-15+/t31-,32-,33+,36?,37?,38+/m0/s1. The number of amides is 1. The van der Waals surface area contributed by atoms with E-state index in [2.05, 4.69) is 39.6 Å². The summed E-state index contributed by atoms with van der Waals surface area (Å²) in [6.45, 7) is 9.06. The topological polar surface area (TPSA) is 217 Å². The molecule has 0 saturated carbocycles. The monoisotopic (exact) mass is 841 g/mol. The third-order valence-corrected chi connectivity index (χ3v) is 11.6. The average molecular weight is 842 g/mol. The molecular formula is C41H72N5O11P. The van der Waals surface area contributed by atoms with Crippen LogP contribution < -0.4 is 21.2 Å². The second kappa shape index (κ2) is 27.7. The van der Waals surface area contributed by atoms with Gasteiger partial charge in [-0.1, -0.05) is 98.1 Å². The Hall–Kier alpha value is -2.98. The molecule has 0 spiro atoms. The number of esters is 2. The van der Waals surface area contributed by atoms with E-state index in [0.29, 0.717) is 6.42 Å². The van der Waals surface area contributed by atoms with E-state index < -0.39 is 68.5 Å². The van der Waals surface area contributed by atoms with Crippen molar-refractivity contribution in [1.82, 2.24) is 19.7 Å². The van der Waals surface area contributed by atoms with E-state index in [4.69, 9.17) is 18.7 Å². The molecule has 58 heavy (non-hydrogen) atoms. The predicted octanol–water partition coefficient (Wildman–Crippen LogP) is 6.32. The van der Waals surface area contributed by atoms with Gasteiger partial charge in [-0.2, -0.15) is 4.98 Å². The molecule has 2 rings (SSSR count). The Balaban J connectivity index is 1.95. The molecule has 1 amide bonds. The van der Waals surface area contributed by atoms with E-state index in [-0.39, 0.29) is 42.8 Å². The molecule has 1 saturated heterocycles. The highest BCUT2D eigenvalue weighted by atomic mass is 31.2. The van der Waals surface area contributed by atoms with Crippen LogP contribution in [0.25, 0.3) is 0 Å². The summed E-state index contributed by atoms with van der Waals surface area (Å²) in [6, 6.07) is -0.810. The molecule has 2 unspecified atom stereocenters. The zero-order valence-electron chi connectivity index (χ0n) is 35.9. The van der Waals surface area contributed by atoms with Crippen molar-refractivity contribution < 1.29 is 47.9 Å². The quantitative estimate of drug-likeness (QED) is 0.0248. The summed E-state index contributed by atoms with van der Waals surface area (Å²) in [5.74, 6) is -1.72. The number of aliphatic hydroxyl groups is 2. The smallest absolute Gasteiger partial charge is 0.351 e. The number of hydrogen-bond acceptors (Lipinski definition) is 12. The maximum Gasteiger partial charge on any atom is 0.351 e. The molecule has 17 heteroatoms. The number of hydrogen-bond donors (Lipinski definition) is 5. The molecule has 5 N–H and O–H groups in total. The maximum absolute atomic E-state index is 14.4. The summed E-state index contributed by atoms with van der Waals surface area (Å²) in [4.78, 5) is 54.8. The average Bonchev–Trinajstić information content (AvgIpc) is 3.45. The van der Waals surface area contributed by atoms with Gasteiger partial charge in [-0.25, -0.2) is 15.0 Å². The van der Waals surface area contributed by atoms with Gasteiger partial charge < -0.3 is 34.3 Å². The lowest BCUT2D eigenvalue weighted by Gasteiger charge is -2.30. The van der Waals surface area contributed by atoms with Crippen LogP contribution in [0, 0.1) is 11.8 Å². The van der Waals surface area contributed by atoms with Crippen molar-refractivity contribution in [2.24, 2.45) is 11.8 Å². The van der Waals surface area contributed by atoms with Crippen molar-refractivity contribution in [2.45, 2.75) is 174 Å². The lowest BCUT2D eigenvalue weighted by Crippen LogP contribution is -2.46. The fraction of sp³-hybridized carbons (Fsp3) is 0.780. The number of allylic oxidation sites excluding steroid dienone is 2. The summed E-state index contributed by atoms with van der Waals surface area (Å²) >= 11 is 0. The van der Waals surface area contributed by atoms with Gasteiger partial charge in [0.2, 0.25) is 5.91 Å². The number of aromatic nitrogens is 2. The summed E-state index contributed by atoms with van der Waals surface area (Å²) in [5.41, 5.74) is -0.852. The Bertz CT molecular complexity index is 1470. The van der Waals surface area contributed by atoms with Crippen LogP contribution >= 0.6 is 7.67 Å². The first-order valence-corrected chi connectivity index (χ1v) is 22.8. The van der Waals surface area contributed by atoms with E-state index >= 15 is 0 Å². The minimum absolute atomic E-state index is 0.0309. The number of nitrogens with one attached hydrogen (secondary N) is 3. The highest BCUT2D eigenvalue weighted by Gasteiger charge is 2.46. The molecule has 1 aromatic rings. The van der Waals surface area contributed by atoms with Gasteiger partial charge >= 0.3 is 25.3 Å². The van der Waals surface area contributed by atoms with Gasteiger partial charge in [-0.05, 0) is 62.8 Å². The summed E-state index contributed by atoms with van der Waals surface area (Å²) in [7, 11) is -1.94. The zero-order valence-corrected chi connectivity index (χ0v) is 36.8. The second-order valence-electron chi connectivity index (χ2n) is 15.9. The molecule has 332 valence electrons. The molecule has 0 aromatic carbocycles. The number of aliphatic hydroxyl groups excluding tert-OH is 2. The number of methoxy groups -OCH3 is 2. The van der Waals surface area contributed by atoms with Crippen LogP contribution in [0.2, 0.25) is 0 Å². The van der Waals surface area contributed by atoms with E-state index in [1.807, 2.05) is 27.7 Å². The number of carbonyl (C=O) groups excluding carboxylic acids is 3. The number of nitrogens with zero attached hydrogens (tertiary/aromatic N) is 2. The van der Waals surface area contributed by atoms with Crippen LogP contribution in [0.4, 0.5) is 5.82 Å². The van der Waals surface area contributed by atoms with E-state index in [1.165, 1.54) is 65.0 Å². The van der Waals surface area contributed by atoms with Crippen molar-refractivity contribution in [3.63, 3.8) is 0 Å². The highest BCUT2D eigenvalue weighted by Crippen LogP contribution is 2.42.